The molecule has 0 amide bonds. The molecule has 11 nitrogen and oxygen atoms in total. The molecule has 0 spiro atoms. The number of carbonyl (C=O) groups is 1. The van der Waals surface area contributed by atoms with E-state index in [2.05, 4.69) is 15.6 Å². The van der Waals surface area contributed by atoms with E-state index in [0.29, 0.717) is 52.6 Å². The Kier molecular flexibility index (Phi) is 8.40. The first-order chi connectivity index (χ1) is 22.0. The van der Waals surface area contributed by atoms with Crippen molar-refractivity contribution in [1.82, 2.24) is 19.4 Å². The fourth-order valence-electron chi connectivity index (χ4n) is 4.86. The van der Waals surface area contributed by atoms with Gasteiger partial charge in [-0.15, -0.1) is 0 Å². The van der Waals surface area contributed by atoms with Crippen molar-refractivity contribution < 1.29 is 24.1 Å². The molecule has 6 aromatic rings. The lowest BCUT2D eigenvalue weighted by Gasteiger charge is -2.14. The van der Waals surface area contributed by atoms with Crippen LogP contribution >= 0.6 is 0 Å². The van der Waals surface area contributed by atoms with Gasteiger partial charge in [0.25, 0.3) is 0 Å². The third-order valence-corrected chi connectivity index (χ3v) is 6.99. The molecule has 0 fully saturated rings. The van der Waals surface area contributed by atoms with Crippen molar-refractivity contribution in [2.45, 2.75) is 6.61 Å². The van der Waals surface area contributed by atoms with E-state index < -0.39 is 5.97 Å². The molecule has 6 rings (SSSR count). The first kappa shape index (κ1) is 29.0. The van der Waals surface area contributed by atoms with Crippen molar-refractivity contribution >= 4 is 28.9 Å². The molecule has 3 aromatic carbocycles. The molecule has 0 unspecified atom stereocenters. The van der Waals surface area contributed by atoms with Gasteiger partial charge in [0.1, 0.15) is 24.5 Å². The summed E-state index contributed by atoms with van der Waals surface area (Å²) in [6.45, 7) is 0.206. The Hall–Kier alpha value is -6.10. The normalized spacial score (nSPS) is 10.8. The van der Waals surface area contributed by atoms with Crippen LogP contribution in [0.2, 0.25) is 0 Å². The van der Waals surface area contributed by atoms with E-state index >= 15 is 0 Å². The maximum absolute atomic E-state index is 10.9. The van der Waals surface area contributed by atoms with Crippen molar-refractivity contribution in [1.29, 1.82) is 0 Å². The fraction of sp³-hybridized carbons (Fsp3) is 0.118. The number of carboxylic acids is 1. The van der Waals surface area contributed by atoms with Gasteiger partial charge in [0.15, 0.2) is 11.5 Å². The standard InChI is InChI=1S/C34H30N6O5/c1-43-28-19-24(36-20-31(41)42)12-13-25(28)37-34-35-16-15-26(38-34)33-32(39-30-10-6-7-17-40(30)33)23-11-14-27(29(18-23)44-2)45-21-22-8-4-3-5-9-22/h3-19,36H,20-21H2,1-2H3,(H,41,42)(H,35,37,38). The zero-order valence-corrected chi connectivity index (χ0v) is 24.6. The second-order valence-electron chi connectivity index (χ2n) is 9.93. The summed E-state index contributed by atoms with van der Waals surface area (Å²) in [4.78, 5) is 25.2. The molecule has 3 heterocycles. The highest BCUT2D eigenvalue weighted by Crippen LogP contribution is 2.38. The predicted octanol–water partition coefficient (Wildman–Crippen LogP) is 6.29. The minimum absolute atomic E-state index is 0.210. The summed E-state index contributed by atoms with van der Waals surface area (Å²) in [6, 6.07) is 28.6. The Bertz CT molecular complexity index is 1960. The monoisotopic (exact) mass is 602 g/mol. The van der Waals surface area contributed by atoms with Gasteiger partial charge < -0.3 is 30.0 Å². The molecular weight excluding hydrogens is 572 g/mol. The summed E-state index contributed by atoms with van der Waals surface area (Å²) in [5.74, 6) is 1.10. The number of nitrogens with one attached hydrogen (secondary N) is 2. The molecule has 0 aliphatic heterocycles. The van der Waals surface area contributed by atoms with E-state index in [1.54, 1.807) is 31.5 Å². The molecule has 45 heavy (non-hydrogen) atoms. The van der Waals surface area contributed by atoms with E-state index in [0.717, 1.165) is 22.5 Å². The highest BCUT2D eigenvalue weighted by Gasteiger charge is 2.20. The van der Waals surface area contributed by atoms with Crippen LogP contribution < -0.4 is 24.8 Å². The first-order valence-corrected chi connectivity index (χ1v) is 14.1. The van der Waals surface area contributed by atoms with Crippen LogP contribution in [0.15, 0.2) is 103 Å². The van der Waals surface area contributed by atoms with Gasteiger partial charge in [-0.05, 0) is 54.1 Å². The van der Waals surface area contributed by atoms with Crippen LogP contribution in [-0.2, 0) is 11.4 Å². The van der Waals surface area contributed by atoms with Crippen LogP contribution in [-0.4, -0.2) is 51.2 Å². The molecule has 0 atom stereocenters. The van der Waals surface area contributed by atoms with Gasteiger partial charge in [-0.2, -0.15) is 0 Å². The largest absolute Gasteiger partial charge is 0.494 e. The number of fused-ring (bicyclic) bond motifs is 1. The lowest BCUT2D eigenvalue weighted by Crippen LogP contribution is -2.12. The van der Waals surface area contributed by atoms with E-state index in [-0.39, 0.29) is 6.54 Å². The van der Waals surface area contributed by atoms with E-state index in [1.807, 2.05) is 83.4 Å². The quantitative estimate of drug-likeness (QED) is 0.147. The highest BCUT2D eigenvalue weighted by atomic mass is 16.5. The maximum Gasteiger partial charge on any atom is 0.322 e. The Labute approximate surface area is 259 Å². The van der Waals surface area contributed by atoms with Gasteiger partial charge >= 0.3 is 5.97 Å². The number of hydrogen-bond donors (Lipinski definition) is 3. The van der Waals surface area contributed by atoms with Crippen LogP contribution in [0.25, 0.3) is 28.3 Å². The number of imidazole rings is 1. The Morgan fingerprint density at radius 2 is 1.69 bits per heavy atom. The summed E-state index contributed by atoms with van der Waals surface area (Å²) >= 11 is 0. The Balaban J connectivity index is 1.33. The highest BCUT2D eigenvalue weighted by molar-refractivity contribution is 5.82. The molecule has 0 saturated carbocycles. The lowest BCUT2D eigenvalue weighted by atomic mass is 10.1. The van der Waals surface area contributed by atoms with Gasteiger partial charge in [0.2, 0.25) is 5.95 Å². The van der Waals surface area contributed by atoms with E-state index in [1.165, 1.54) is 7.11 Å². The van der Waals surface area contributed by atoms with Crippen LogP contribution in [0.1, 0.15) is 5.56 Å². The second-order valence-corrected chi connectivity index (χ2v) is 9.93. The summed E-state index contributed by atoms with van der Waals surface area (Å²) in [5.41, 5.74) is 6.00. The van der Waals surface area contributed by atoms with Crippen molar-refractivity contribution in [3.63, 3.8) is 0 Å². The van der Waals surface area contributed by atoms with Gasteiger partial charge in [-0.25, -0.2) is 15.0 Å². The minimum Gasteiger partial charge on any atom is -0.494 e. The second kappa shape index (κ2) is 13.0. The average Bonchev–Trinajstić information content (AvgIpc) is 3.47. The third kappa shape index (κ3) is 6.47. The number of benzene rings is 3. The number of hydrogen-bond acceptors (Lipinski definition) is 9. The number of rotatable bonds is 12. The Morgan fingerprint density at radius 1 is 0.867 bits per heavy atom. The molecule has 0 saturated heterocycles. The first-order valence-electron chi connectivity index (χ1n) is 14.1. The van der Waals surface area contributed by atoms with Crippen molar-refractivity contribution in [3.05, 3.63) is 109 Å². The van der Waals surface area contributed by atoms with Crippen molar-refractivity contribution in [3.8, 4) is 39.9 Å². The van der Waals surface area contributed by atoms with Crippen molar-refractivity contribution in [2.24, 2.45) is 0 Å². The number of anilines is 3. The third-order valence-electron chi connectivity index (χ3n) is 6.99. The van der Waals surface area contributed by atoms with Crippen LogP contribution in [0.3, 0.4) is 0 Å². The maximum atomic E-state index is 10.9. The molecule has 0 aliphatic rings. The number of ether oxygens (including phenoxy) is 3. The fourth-order valence-corrected chi connectivity index (χ4v) is 4.86. The average molecular weight is 603 g/mol. The molecule has 0 radical (unpaired) electrons. The van der Waals surface area contributed by atoms with Crippen LogP contribution in [0, 0.1) is 0 Å². The lowest BCUT2D eigenvalue weighted by molar-refractivity contribution is -0.134. The van der Waals surface area contributed by atoms with Crippen LogP contribution in [0.4, 0.5) is 17.3 Å². The van der Waals surface area contributed by atoms with Crippen LogP contribution in [0.5, 0.6) is 17.2 Å². The number of nitrogens with zero attached hydrogens (tertiary/aromatic N) is 4. The topological polar surface area (TPSA) is 132 Å². The summed E-state index contributed by atoms with van der Waals surface area (Å²) < 4.78 is 19.3. The summed E-state index contributed by atoms with van der Waals surface area (Å²) in [5, 5.41) is 15.0. The van der Waals surface area contributed by atoms with Crippen molar-refractivity contribution in [2.75, 3.05) is 31.4 Å². The number of methoxy groups -OCH3 is 2. The molecule has 0 bridgehead atoms. The molecule has 3 aromatic heterocycles. The summed E-state index contributed by atoms with van der Waals surface area (Å²) in [6.07, 6.45) is 3.62. The SMILES string of the molecule is COc1cc(NCC(=O)O)ccc1Nc1nccc(-c2c(-c3ccc(OCc4ccccc4)c(OC)c3)nc3ccccn23)n1. The molecular formula is C34H30N6O5. The number of aliphatic carboxylic acids is 1. The molecule has 3 N–H and O–H groups in total. The zero-order chi connectivity index (χ0) is 31.2. The minimum atomic E-state index is -0.959. The number of pyridine rings is 1. The van der Waals surface area contributed by atoms with E-state index in [4.69, 9.17) is 29.3 Å². The van der Waals surface area contributed by atoms with E-state index in [9.17, 15) is 4.79 Å². The summed E-state index contributed by atoms with van der Waals surface area (Å²) in [7, 11) is 3.15. The predicted molar refractivity (Wildman–Crippen MR) is 171 cm³/mol. The van der Waals surface area contributed by atoms with Gasteiger partial charge in [0.05, 0.1) is 37.0 Å². The molecule has 11 heteroatoms. The number of aromatic nitrogens is 4. The molecule has 0 aliphatic carbocycles. The van der Waals surface area contributed by atoms with Gasteiger partial charge in [-0.1, -0.05) is 36.4 Å². The number of carboxylic acid groups (broad SMARTS) is 1. The Morgan fingerprint density at radius 3 is 2.49 bits per heavy atom. The zero-order valence-electron chi connectivity index (χ0n) is 24.6. The van der Waals surface area contributed by atoms with Gasteiger partial charge in [-0.3, -0.25) is 9.20 Å². The smallest absolute Gasteiger partial charge is 0.322 e. The van der Waals surface area contributed by atoms with Gasteiger partial charge in [0, 0.05) is 29.7 Å². The molecule has 226 valence electrons.